The van der Waals surface area contributed by atoms with E-state index >= 15 is 0 Å². The van der Waals surface area contributed by atoms with Gasteiger partial charge in [0.1, 0.15) is 11.3 Å². The highest BCUT2D eigenvalue weighted by Gasteiger charge is 2.70. The second-order valence-corrected chi connectivity index (χ2v) is 9.70. The minimum absolute atomic E-state index is 0.0682. The lowest BCUT2D eigenvalue weighted by molar-refractivity contribution is -0.139. The van der Waals surface area contributed by atoms with Crippen molar-refractivity contribution < 1.29 is 38.6 Å². The molecule has 2 aliphatic heterocycles. The fourth-order valence-electron chi connectivity index (χ4n) is 5.32. The number of benzene rings is 3. The number of esters is 2. The average Bonchev–Trinajstić information content (AvgIpc) is 3.42. The Bertz CT molecular complexity index is 1740. The molecule has 5 rings (SSSR count). The molecule has 2 aliphatic rings. The van der Waals surface area contributed by atoms with Crippen LogP contribution in [0.15, 0.2) is 114 Å². The number of amides is 2. The molecule has 0 saturated heterocycles. The zero-order chi connectivity index (χ0) is 30.9. The summed E-state index contributed by atoms with van der Waals surface area (Å²) in [5.41, 5.74) is -2.91. The van der Waals surface area contributed by atoms with Crippen molar-refractivity contribution in [2.24, 2.45) is 0 Å². The third kappa shape index (κ3) is 4.49. The summed E-state index contributed by atoms with van der Waals surface area (Å²) >= 11 is 0. The smallest absolute Gasteiger partial charge is 0.355 e. The summed E-state index contributed by atoms with van der Waals surface area (Å²) in [6, 6.07) is 22.9. The summed E-state index contributed by atoms with van der Waals surface area (Å²) < 4.78 is 10.1. The van der Waals surface area contributed by atoms with Crippen LogP contribution < -0.4 is 9.80 Å². The molecule has 10 heteroatoms. The molecular weight excluding hydrogens is 552 g/mol. The quantitative estimate of drug-likeness (QED) is 0.331. The summed E-state index contributed by atoms with van der Waals surface area (Å²) in [6.07, 6.45) is 2.52. The van der Waals surface area contributed by atoms with Crippen molar-refractivity contribution in [1.29, 1.82) is 0 Å². The number of allylic oxidation sites excluding steroid dienone is 1. The molecular formula is C33H26N2O8. The van der Waals surface area contributed by atoms with Crippen LogP contribution in [0.1, 0.15) is 11.1 Å². The van der Waals surface area contributed by atoms with Crippen molar-refractivity contribution in [2.45, 2.75) is 12.5 Å². The average molecular weight is 579 g/mol. The molecule has 1 atom stereocenters. The van der Waals surface area contributed by atoms with Crippen molar-refractivity contribution in [3.05, 3.63) is 125 Å². The number of carbonyl (C=O) groups excluding carboxylic acids is 5. The van der Waals surface area contributed by atoms with Gasteiger partial charge in [0.05, 0.1) is 19.8 Å². The van der Waals surface area contributed by atoms with Crippen molar-refractivity contribution in [3.63, 3.8) is 0 Å². The van der Waals surface area contributed by atoms with E-state index in [-0.39, 0.29) is 11.4 Å². The first kappa shape index (κ1) is 28.7. The minimum Gasteiger partial charge on any atom is -0.503 e. The molecule has 0 aromatic heterocycles. The third-order valence-corrected chi connectivity index (χ3v) is 7.22. The number of hydrogen-bond donors (Lipinski definition) is 1. The Kier molecular flexibility index (Phi) is 7.52. The predicted molar refractivity (Wildman–Crippen MR) is 157 cm³/mol. The Morgan fingerprint density at radius 1 is 0.767 bits per heavy atom. The number of para-hydroxylation sites is 1. The molecule has 2 amide bonds. The maximum absolute atomic E-state index is 14.9. The second kappa shape index (κ2) is 11.2. The van der Waals surface area contributed by atoms with Gasteiger partial charge in [0.15, 0.2) is 17.1 Å². The molecule has 1 N–H and O–H groups in total. The normalized spacial score (nSPS) is 18.3. The van der Waals surface area contributed by atoms with Gasteiger partial charge in [-0.1, -0.05) is 72.3 Å². The molecule has 10 nitrogen and oxygen atoms in total. The van der Waals surface area contributed by atoms with Gasteiger partial charge < -0.3 is 14.6 Å². The zero-order valence-electron chi connectivity index (χ0n) is 23.4. The molecule has 43 heavy (non-hydrogen) atoms. The van der Waals surface area contributed by atoms with Gasteiger partial charge in [-0.25, -0.2) is 9.59 Å². The lowest BCUT2D eigenvalue weighted by Gasteiger charge is -2.36. The highest BCUT2D eigenvalue weighted by molar-refractivity contribution is 6.36. The molecule has 1 unspecified atom stereocenters. The van der Waals surface area contributed by atoms with E-state index in [0.717, 1.165) is 35.7 Å². The van der Waals surface area contributed by atoms with Crippen LogP contribution in [-0.4, -0.2) is 54.4 Å². The Hall–Kier alpha value is -5.77. The van der Waals surface area contributed by atoms with Gasteiger partial charge in [0, 0.05) is 11.4 Å². The van der Waals surface area contributed by atoms with E-state index < -0.39 is 57.7 Å². The van der Waals surface area contributed by atoms with E-state index in [0.29, 0.717) is 5.56 Å². The van der Waals surface area contributed by atoms with E-state index in [2.05, 4.69) is 0 Å². The molecule has 1 spiro atoms. The number of aliphatic hydroxyl groups is 1. The van der Waals surface area contributed by atoms with E-state index in [1.165, 1.54) is 30.3 Å². The molecule has 0 radical (unpaired) electrons. The van der Waals surface area contributed by atoms with E-state index in [9.17, 15) is 29.1 Å². The minimum atomic E-state index is -2.64. The van der Waals surface area contributed by atoms with E-state index in [4.69, 9.17) is 9.47 Å². The van der Waals surface area contributed by atoms with Crippen LogP contribution in [0, 0.1) is 6.92 Å². The fourth-order valence-corrected chi connectivity index (χ4v) is 5.32. The van der Waals surface area contributed by atoms with Crippen LogP contribution >= 0.6 is 0 Å². The van der Waals surface area contributed by atoms with Crippen LogP contribution in [0.4, 0.5) is 11.4 Å². The monoisotopic (exact) mass is 578 g/mol. The van der Waals surface area contributed by atoms with Gasteiger partial charge in [-0.3, -0.25) is 24.2 Å². The zero-order valence-corrected chi connectivity index (χ0v) is 23.4. The van der Waals surface area contributed by atoms with Crippen molar-refractivity contribution >= 4 is 47.0 Å². The maximum Gasteiger partial charge on any atom is 0.355 e. The largest absolute Gasteiger partial charge is 0.503 e. The molecule has 0 fully saturated rings. The summed E-state index contributed by atoms with van der Waals surface area (Å²) in [5, 5.41) is 11.3. The Morgan fingerprint density at radius 3 is 1.93 bits per heavy atom. The number of ether oxygens (including phenoxy) is 2. The summed E-state index contributed by atoms with van der Waals surface area (Å²) in [6.45, 7) is 1.82. The molecule has 2 heterocycles. The number of aliphatic hydroxyl groups excluding tert-OH is 1. The Balaban J connectivity index is 1.87. The highest BCUT2D eigenvalue weighted by atomic mass is 16.5. The summed E-state index contributed by atoms with van der Waals surface area (Å²) in [4.78, 5) is 71.6. The Morgan fingerprint density at radius 2 is 1.35 bits per heavy atom. The van der Waals surface area contributed by atoms with Gasteiger partial charge in [-0.2, -0.15) is 0 Å². The third-order valence-electron chi connectivity index (χ3n) is 7.22. The van der Waals surface area contributed by atoms with Crippen molar-refractivity contribution in [1.82, 2.24) is 0 Å². The molecule has 0 aliphatic carbocycles. The van der Waals surface area contributed by atoms with Crippen LogP contribution in [0.2, 0.25) is 0 Å². The van der Waals surface area contributed by atoms with Gasteiger partial charge >= 0.3 is 11.9 Å². The number of nitrogens with zero attached hydrogens (tertiary/aromatic N) is 2. The fraction of sp³-hybridized carbons (Fsp3) is 0.121. The summed E-state index contributed by atoms with van der Waals surface area (Å²) in [5.74, 6) is -6.48. The van der Waals surface area contributed by atoms with Gasteiger partial charge in [-0.15, -0.1) is 0 Å². The molecule has 216 valence electrons. The first-order valence-electron chi connectivity index (χ1n) is 13.1. The number of ketones is 1. The van der Waals surface area contributed by atoms with Crippen molar-refractivity contribution in [3.8, 4) is 0 Å². The first-order valence-corrected chi connectivity index (χ1v) is 13.1. The topological polar surface area (TPSA) is 131 Å². The lowest BCUT2D eigenvalue weighted by Crippen LogP contribution is -2.59. The highest BCUT2D eigenvalue weighted by Crippen LogP contribution is 2.51. The van der Waals surface area contributed by atoms with E-state index in [1.54, 1.807) is 60.7 Å². The number of anilines is 2. The number of hydrogen-bond acceptors (Lipinski definition) is 8. The first-order chi connectivity index (χ1) is 20.7. The predicted octanol–water partition coefficient (Wildman–Crippen LogP) is 3.82. The molecule has 3 aromatic rings. The van der Waals surface area contributed by atoms with Crippen LogP contribution in [0.3, 0.4) is 0 Å². The summed E-state index contributed by atoms with van der Waals surface area (Å²) in [7, 11) is 2.09. The molecule has 3 aromatic carbocycles. The second-order valence-electron chi connectivity index (χ2n) is 9.70. The maximum atomic E-state index is 14.9. The van der Waals surface area contributed by atoms with Crippen LogP contribution in [-0.2, 0) is 33.4 Å². The van der Waals surface area contributed by atoms with Crippen molar-refractivity contribution in [2.75, 3.05) is 24.0 Å². The number of aryl methyl sites for hydroxylation is 1. The van der Waals surface area contributed by atoms with Gasteiger partial charge in [-0.05, 0) is 42.8 Å². The Labute approximate surface area is 246 Å². The van der Waals surface area contributed by atoms with E-state index in [1.807, 2.05) is 6.92 Å². The standard InChI is InChI=1S/C33H26N2O8/c1-20-14-17-22(18-15-20)34-27(31(40)43-3)26(30(39)42-2)33(32(34)41)25(24(36)19-16-21-10-6-4-7-11-21)28(37)29(38)35(33)23-12-8-5-9-13-23/h4-19,37H,1-3H3. The number of carbonyl (C=O) groups is 5. The van der Waals surface area contributed by atoms with Crippen LogP contribution in [0.25, 0.3) is 6.08 Å². The van der Waals surface area contributed by atoms with Crippen LogP contribution in [0.5, 0.6) is 0 Å². The lowest BCUT2D eigenvalue weighted by atomic mass is 9.80. The van der Waals surface area contributed by atoms with Gasteiger partial charge in [0.2, 0.25) is 0 Å². The van der Waals surface area contributed by atoms with Gasteiger partial charge in [0.25, 0.3) is 11.8 Å². The SMILES string of the molecule is COC(=O)C1=C(C(=O)OC)C2(C(=O)N1c1ccc(C)cc1)C(C(=O)C=Cc1ccccc1)=C(O)C(=O)N2c1ccccc1. The molecule has 0 saturated carbocycles. The number of methoxy groups -OCH3 is 2. The number of rotatable bonds is 7. The molecule has 0 bridgehead atoms.